The lowest BCUT2D eigenvalue weighted by Crippen LogP contribution is -2.28. The summed E-state index contributed by atoms with van der Waals surface area (Å²) >= 11 is 0. The fourth-order valence-electron chi connectivity index (χ4n) is 1.73. The molecule has 13 heteroatoms. The van der Waals surface area contributed by atoms with Crippen LogP contribution in [0.2, 0.25) is 0 Å². The van der Waals surface area contributed by atoms with E-state index in [1.807, 2.05) is 0 Å². The zero-order chi connectivity index (χ0) is 19.9. The molecule has 0 unspecified atom stereocenters. The summed E-state index contributed by atoms with van der Waals surface area (Å²) in [4.78, 5) is 14.0. The predicted octanol–water partition coefficient (Wildman–Crippen LogP) is 3.09. The number of carboxylic acids is 1. The van der Waals surface area contributed by atoms with Crippen LogP contribution in [-0.4, -0.2) is 30.0 Å². The van der Waals surface area contributed by atoms with Crippen LogP contribution in [0, 0.1) is 17.5 Å². The van der Waals surface area contributed by atoms with Crippen LogP contribution in [0.4, 0.5) is 26.3 Å². The van der Waals surface area contributed by atoms with Crippen LogP contribution >= 0.6 is 0 Å². The number of nitrogens with zero attached hydrogens (tertiary/aromatic N) is 1. The van der Waals surface area contributed by atoms with E-state index in [1.165, 1.54) is 0 Å². The fraction of sp³-hybridized carbons (Fsp3) is 0.0769. The SMILES string of the molecule is O=C(O)c1ccc(F)c(-c2c(F)cc(OS(=O)(=O)C(F)(F)F)cc2F)n1. The quantitative estimate of drug-likeness (QED) is 0.481. The van der Waals surface area contributed by atoms with E-state index in [-0.39, 0.29) is 12.1 Å². The van der Waals surface area contributed by atoms with Crippen molar-refractivity contribution in [2.24, 2.45) is 0 Å². The highest BCUT2D eigenvalue weighted by atomic mass is 32.2. The molecule has 140 valence electrons. The van der Waals surface area contributed by atoms with E-state index >= 15 is 0 Å². The van der Waals surface area contributed by atoms with Gasteiger partial charge in [-0.1, -0.05) is 0 Å². The van der Waals surface area contributed by atoms with E-state index in [2.05, 4.69) is 9.17 Å². The summed E-state index contributed by atoms with van der Waals surface area (Å²) in [5.41, 5.74) is -8.91. The average molecular weight is 401 g/mol. The van der Waals surface area contributed by atoms with Crippen LogP contribution in [0.3, 0.4) is 0 Å². The summed E-state index contributed by atoms with van der Waals surface area (Å²) in [6, 6.07) is 1.38. The molecule has 0 bridgehead atoms. The van der Waals surface area contributed by atoms with Crippen molar-refractivity contribution in [2.75, 3.05) is 0 Å². The molecule has 0 saturated heterocycles. The summed E-state index contributed by atoms with van der Waals surface area (Å²) in [5, 5.41) is 8.77. The highest BCUT2D eigenvalue weighted by molar-refractivity contribution is 7.88. The molecule has 26 heavy (non-hydrogen) atoms. The number of aromatic carboxylic acids is 1. The van der Waals surface area contributed by atoms with Crippen molar-refractivity contribution < 1.29 is 48.8 Å². The number of hydrogen-bond acceptors (Lipinski definition) is 5. The molecule has 2 aromatic rings. The first-order valence-corrected chi connectivity index (χ1v) is 7.64. The standard InChI is InChI=1S/C13H5F6NO5S/c14-6-1-2-9(12(21)22)20-11(6)10-7(15)3-5(4-8(10)16)25-26(23,24)13(17,18)19/h1-4H,(H,21,22). The van der Waals surface area contributed by atoms with Gasteiger partial charge in [-0.05, 0) is 12.1 Å². The van der Waals surface area contributed by atoms with Gasteiger partial charge in [0, 0.05) is 12.1 Å². The predicted molar refractivity (Wildman–Crippen MR) is 72.1 cm³/mol. The van der Waals surface area contributed by atoms with Crippen molar-refractivity contribution in [3.8, 4) is 17.0 Å². The molecule has 0 amide bonds. The Morgan fingerprint density at radius 1 is 1.04 bits per heavy atom. The highest BCUT2D eigenvalue weighted by Gasteiger charge is 2.48. The third kappa shape index (κ3) is 3.71. The molecule has 6 nitrogen and oxygen atoms in total. The molecule has 0 spiro atoms. The van der Waals surface area contributed by atoms with Crippen LogP contribution in [0.1, 0.15) is 10.5 Å². The number of rotatable bonds is 4. The smallest absolute Gasteiger partial charge is 0.477 e. The van der Waals surface area contributed by atoms with E-state index in [1.54, 1.807) is 0 Å². The average Bonchev–Trinajstić information content (AvgIpc) is 2.46. The summed E-state index contributed by atoms with van der Waals surface area (Å²) in [6.45, 7) is 0. The lowest BCUT2D eigenvalue weighted by atomic mass is 10.1. The normalized spacial score (nSPS) is 12.1. The number of pyridine rings is 1. The van der Waals surface area contributed by atoms with E-state index in [0.29, 0.717) is 12.1 Å². The molecule has 1 N–H and O–H groups in total. The van der Waals surface area contributed by atoms with Gasteiger partial charge in [0.05, 0.1) is 5.56 Å². The molecular weight excluding hydrogens is 396 g/mol. The Labute approximate surface area is 140 Å². The number of halogens is 6. The van der Waals surface area contributed by atoms with Crippen molar-refractivity contribution in [1.82, 2.24) is 4.98 Å². The van der Waals surface area contributed by atoms with Crippen molar-refractivity contribution >= 4 is 16.1 Å². The molecule has 1 heterocycles. The van der Waals surface area contributed by atoms with Crippen molar-refractivity contribution in [1.29, 1.82) is 0 Å². The summed E-state index contributed by atoms with van der Waals surface area (Å²) < 4.78 is 104. The first-order valence-electron chi connectivity index (χ1n) is 6.23. The van der Waals surface area contributed by atoms with Crippen LogP contribution < -0.4 is 4.18 Å². The monoisotopic (exact) mass is 401 g/mol. The topological polar surface area (TPSA) is 93.6 Å². The zero-order valence-corrected chi connectivity index (χ0v) is 12.8. The van der Waals surface area contributed by atoms with Crippen molar-refractivity contribution in [3.63, 3.8) is 0 Å². The summed E-state index contributed by atoms with van der Waals surface area (Å²) in [6.07, 6.45) is 0. The number of aromatic nitrogens is 1. The molecule has 0 radical (unpaired) electrons. The van der Waals surface area contributed by atoms with Crippen LogP contribution in [0.15, 0.2) is 24.3 Å². The minimum absolute atomic E-state index is 0.0518. The summed E-state index contributed by atoms with van der Waals surface area (Å²) in [5.74, 6) is -7.79. The van der Waals surface area contributed by atoms with Gasteiger partial charge in [0.15, 0.2) is 0 Å². The Morgan fingerprint density at radius 2 is 1.58 bits per heavy atom. The molecule has 2 rings (SSSR count). The second kappa shape index (κ2) is 6.48. The van der Waals surface area contributed by atoms with Gasteiger partial charge in [0.2, 0.25) is 0 Å². The second-order valence-electron chi connectivity index (χ2n) is 4.58. The second-order valence-corrected chi connectivity index (χ2v) is 6.12. The molecule has 1 aromatic carbocycles. The van der Waals surface area contributed by atoms with E-state index in [0.717, 1.165) is 0 Å². The first-order chi connectivity index (χ1) is 11.8. The van der Waals surface area contributed by atoms with Crippen molar-refractivity contribution in [3.05, 3.63) is 47.4 Å². The largest absolute Gasteiger partial charge is 0.534 e. The molecule has 0 atom stereocenters. The molecule has 0 aliphatic rings. The third-order valence-corrected chi connectivity index (χ3v) is 3.79. The Bertz CT molecular complexity index is 966. The van der Waals surface area contributed by atoms with Gasteiger partial charge in [0.25, 0.3) is 0 Å². The lowest BCUT2D eigenvalue weighted by Gasteiger charge is -2.12. The molecular formula is C13H5F6NO5S. The third-order valence-electron chi connectivity index (χ3n) is 2.81. The van der Waals surface area contributed by atoms with Gasteiger partial charge in [-0.3, -0.25) is 0 Å². The molecule has 1 aromatic heterocycles. The lowest BCUT2D eigenvalue weighted by molar-refractivity contribution is -0.0500. The molecule has 0 saturated carbocycles. The molecule has 0 aliphatic carbocycles. The number of alkyl halides is 3. The summed E-state index contributed by atoms with van der Waals surface area (Å²) in [7, 11) is -6.19. The van der Waals surface area contributed by atoms with Crippen LogP contribution in [0.5, 0.6) is 5.75 Å². The number of hydrogen-bond donors (Lipinski definition) is 1. The maximum absolute atomic E-state index is 14.0. The minimum Gasteiger partial charge on any atom is -0.477 e. The van der Waals surface area contributed by atoms with E-state index in [4.69, 9.17) is 5.11 Å². The Hall–Kier alpha value is -2.83. The van der Waals surface area contributed by atoms with Gasteiger partial charge >= 0.3 is 21.6 Å². The highest BCUT2D eigenvalue weighted by Crippen LogP contribution is 2.33. The van der Waals surface area contributed by atoms with Gasteiger partial charge in [0.1, 0.15) is 34.6 Å². The minimum atomic E-state index is -6.19. The maximum Gasteiger partial charge on any atom is 0.534 e. The maximum atomic E-state index is 14.0. The Kier molecular flexibility index (Phi) is 4.86. The van der Waals surface area contributed by atoms with Gasteiger partial charge in [-0.15, -0.1) is 0 Å². The first kappa shape index (κ1) is 19.5. The Morgan fingerprint density at radius 3 is 2.04 bits per heavy atom. The zero-order valence-electron chi connectivity index (χ0n) is 12.0. The van der Waals surface area contributed by atoms with E-state index < -0.39 is 61.7 Å². The van der Waals surface area contributed by atoms with Gasteiger partial charge in [-0.2, -0.15) is 21.6 Å². The Balaban J connectivity index is 2.56. The van der Waals surface area contributed by atoms with Crippen LogP contribution in [-0.2, 0) is 10.1 Å². The van der Waals surface area contributed by atoms with Gasteiger partial charge in [-0.25, -0.2) is 22.9 Å². The number of carboxylic acid groups (broad SMARTS) is 1. The fourth-order valence-corrected chi connectivity index (χ4v) is 2.18. The molecule has 0 fully saturated rings. The van der Waals surface area contributed by atoms with Gasteiger partial charge < -0.3 is 9.29 Å². The molecule has 0 aliphatic heterocycles. The van der Waals surface area contributed by atoms with E-state index in [9.17, 15) is 39.6 Å². The van der Waals surface area contributed by atoms with Crippen LogP contribution in [0.25, 0.3) is 11.3 Å². The van der Waals surface area contributed by atoms with Crippen molar-refractivity contribution in [2.45, 2.75) is 5.51 Å². The number of carbonyl (C=O) groups is 1. The number of benzene rings is 1.